The minimum Gasteiger partial charge on any atom is -0.376 e. The van der Waals surface area contributed by atoms with Crippen molar-refractivity contribution in [1.29, 1.82) is 0 Å². The second-order valence-electron chi connectivity index (χ2n) is 2.39. The van der Waals surface area contributed by atoms with Crippen LogP contribution >= 0.6 is 15.9 Å². The van der Waals surface area contributed by atoms with Gasteiger partial charge in [0.25, 0.3) is 6.43 Å². The summed E-state index contributed by atoms with van der Waals surface area (Å²) in [7, 11) is 0. The van der Waals surface area contributed by atoms with Crippen LogP contribution < -0.4 is 5.32 Å². The summed E-state index contributed by atoms with van der Waals surface area (Å²) < 4.78 is 24.3. The van der Waals surface area contributed by atoms with E-state index in [4.69, 9.17) is 0 Å². The van der Waals surface area contributed by atoms with Gasteiger partial charge in [0, 0.05) is 10.7 Å². The maximum atomic E-state index is 11.9. The Balaban J connectivity index is 2.82. The molecular weight excluding hydrogens is 260 g/mol. The van der Waals surface area contributed by atoms with E-state index >= 15 is 0 Å². The number of alkyl halides is 2. The number of pyridine rings is 1. The normalized spacial score (nSPS) is 10.3. The first kappa shape index (κ1) is 11.0. The van der Waals surface area contributed by atoms with Crippen molar-refractivity contribution in [2.45, 2.75) is 6.43 Å². The third-order valence-electron chi connectivity index (χ3n) is 1.37. The number of nitroso groups, excluding NO2 is 1. The second kappa shape index (κ2) is 4.94. The van der Waals surface area contributed by atoms with Crippen molar-refractivity contribution in [3.05, 3.63) is 21.6 Å². The first-order chi connectivity index (χ1) is 6.63. The Morgan fingerprint density at radius 3 is 2.93 bits per heavy atom. The monoisotopic (exact) mass is 265 g/mol. The van der Waals surface area contributed by atoms with E-state index in [0.29, 0.717) is 4.47 Å². The van der Waals surface area contributed by atoms with Crippen LogP contribution in [-0.2, 0) is 0 Å². The molecule has 0 atom stereocenters. The molecule has 7 heteroatoms. The summed E-state index contributed by atoms with van der Waals surface area (Å²) in [6, 6.07) is 1.46. The molecule has 1 N–H and O–H groups in total. The molecule has 0 radical (unpaired) electrons. The molecule has 0 fully saturated rings. The van der Waals surface area contributed by atoms with E-state index in [0.717, 1.165) is 0 Å². The molecule has 0 aliphatic rings. The van der Waals surface area contributed by atoms with Crippen LogP contribution in [0.1, 0.15) is 0 Å². The molecule has 14 heavy (non-hydrogen) atoms. The summed E-state index contributed by atoms with van der Waals surface area (Å²) in [5, 5.41) is 4.97. The van der Waals surface area contributed by atoms with E-state index in [2.05, 4.69) is 31.4 Å². The molecule has 76 valence electrons. The third kappa shape index (κ3) is 2.99. The molecule has 0 spiro atoms. The number of anilines is 1. The molecule has 0 aliphatic carbocycles. The molecule has 1 heterocycles. The van der Waals surface area contributed by atoms with E-state index in [1.165, 1.54) is 12.3 Å². The highest BCUT2D eigenvalue weighted by Crippen LogP contribution is 2.25. The molecule has 0 saturated carbocycles. The molecule has 1 aromatic rings. The largest absolute Gasteiger partial charge is 0.376 e. The van der Waals surface area contributed by atoms with Crippen molar-refractivity contribution in [3.8, 4) is 0 Å². The summed E-state index contributed by atoms with van der Waals surface area (Å²) >= 11 is 3.10. The molecule has 0 bridgehead atoms. The molecule has 0 unspecified atom stereocenters. The lowest BCUT2D eigenvalue weighted by molar-refractivity contribution is 0.163. The van der Waals surface area contributed by atoms with Gasteiger partial charge < -0.3 is 5.32 Å². The highest BCUT2D eigenvalue weighted by Gasteiger charge is 2.07. The molecule has 0 amide bonds. The van der Waals surface area contributed by atoms with Gasteiger partial charge in [0.1, 0.15) is 0 Å². The predicted octanol–water partition coefficient (Wildman–Crippen LogP) is 2.92. The lowest BCUT2D eigenvalue weighted by Crippen LogP contribution is -2.10. The highest BCUT2D eigenvalue weighted by molar-refractivity contribution is 9.10. The predicted molar refractivity (Wildman–Crippen MR) is 51.9 cm³/mol. The van der Waals surface area contributed by atoms with Gasteiger partial charge in [-0.3, -0.25) is 0 Å². The topological polar surface area (TPSA) is 54.4 Å². The fourth-order valence-corrected chi connectivity index (χ4v) is 1.15. The number of hydrogen-bond donors (Lipinski definition) is 1. The average molecular weight is 266 g/mol. The Labute approximate surface area is 86.8 Å². The van der Waals surface area contributed by atoms with Crippen molar-refractivity contribution in [1.82, 2.24) is 4.98 Å². The zero-order chi connectivity index (χ0) is 10.6. The summed E-state index contributed by atoms with van der Waals surface area (Å²) in [6.45, 7) is -0.541. The first-order valence-corrected chi connectivity index (χ1v) is 4.43. The lowest BCUT2D eigenvalue weighted by Gasteiger charge is -2.06. The van der Waals surface area contributed by atoms with Crippen LogP contribution in [0.4, 0.5) is 20.3 Å². The summed E-state index contributed by atoms with van der Waals surface area (Å²) in [6.07, 6.45) is -1.13. The maximum absolute atomic E-state index is 11.9. The van der Waals surface area contributed by atoms with E-state index in [1.807, 2.05) is 0 Å². The molecule has 4 nitrogen and oxygen atoms in total. The van der Waals surface area contributed by atoms with Crippen LogP contribution in [0.5, 0.6) is 0 Å². The van der Waals surface area contributed by atoms with Gasteiger partial charge in [-0.15, -0.1) is 4.91 Å². The molecule has 0 saturated heterocycles. The van der Waals surface area contributed by atoms with Crippen molar-refractivity contribution in [3.63, 3.8) is 0 Å². The quantitative estimate of drug-likeness (QED) is 0.852. The van der Waals surface area contributed by atoms with Gasteiger partial charge in [-0.1, -0.05) is 0 Å². The molecule has 1 rings (SSSR count). The van der Waals surface area contributed by atoms with E-state index < -0.39 is 13.0 Å². The van der Waals surface area contributed by atoms with E-state index in [-0.39, 0.29) is 11.5 Å². The van der Waals surface area contributed by atoms with Gasteiger partial charge in [-0.05, 0) is 27.2 Å². The Kier molecular flexibility index (Phi) is 3.87. The van der Waals surface area contributed by atoms with Gasteiger partial charge in [-0.2, -0.15) is 0 Å². The Hall–Kier alpha value is -1.11. The van der Waals surface area contributed by atoms with Crippen molar-refractivity contribution >= 4 is 27.4 Å². The van der Waals surface area contributed by atoms with Crippen LogP contribution in [-0.4, -0.2) is 18.0 Å². The summed E-state index contributed by atoms with van der Waals surface area (Å²) in [5.41, 5.74) is 0.190. The fourth-order valence-electron chi connectivity index (χ4n) is 0.822. The number of nitrogens with one attached hydrogen (secondary N) is 1. The van der Waals surface area contributed by atoms with Crippen LogP contribution in [0.15, 0.2) is 21.9 Å². The van der Waals surface area contributed by atoms with Gasteiger partial charge in [-0.25, -0.2) is 13.8 Å². The smallest absolute Gasteiger partial charge is 0.255 e. The zero-order valence-corrected chi connectivity index (χ0v) is 8.46. The number of halogens is 3. The van der Waals surface area contributed by atoms with Crippen molar-refractivity contribution < 1.29 is 8.78 Å². The maximum Gasteiger partial charge on any atom is 0.255 e. The minimum absolute atomic E-state index is 0.131. The van der Waals surface area contributed by atoms with Gasteiger partial charge in [0.2, 0.25) is 5.82 Å². The SMILES string of the molecule is O=Nc1ncc(Br)cc1NCC(F)F. The molecular formula is C7H6BrF2N3O. The Morgan fingerprint density at radius 2 is 2.36 bits per heavy atom. The number of rotatable bonds is 4. The van der Waals surface area contributed by atoms with Crippen LogP contribution in [0, 0.1) is 4.91 Å². The number of aromatic nitrogens is 1. The molecule has 0 aromatic carbocycles. The average Bonchev–Trinajstić information content (AvgIpc) is 2.15. The molecule has 0 aliphatic heterocycles. The Morgan fingerprint density at radius 1 is 1.64 bits per heavy atom. The fraction of sp³-hybridized carbons (Fsp3) is 0.286. The Bertz CT molecular complexity index is 335. The highest BCUT2D eigenvalue weighted by atomic mass is 79.9. The lowest BCUT2D eigenvalue weighted by atomic mass is 10.4. The van der Waals surface area contributed by atoms with Crippen LogP contribution in [0.3, 0.4) is 0 Å². The summed E-state index contributed by atoms with van der Waals surface area (Å²) in [5.74, 6) is -0.131. The van der Waals surface area contributed by atoms with Crippen molar-refractivity contribution in [2.75, 3.05) is 11.9 Å². The van der Waals surface area contributed by atoms with Crippen molar-refractivity contribution in [2.24, 2.45) is 5.18 Å². The zero-order valence-electron chi connectivity index (χ0n) is 6.88. The molecule has 1 aromatic heterocycles. The van der Waals surface area contributed by atoms with Crippen LogP contribution in [0.2, 0.25) is 0 Å². The number of hydrogen-bond acceptors (Lipinski definition) is 4. The minimum atomic E-state index is -2.49. The number of nitrogens with zero attached hydrogens (tertiary/aromatic N) is 2. The summed E-state index contributed by atoms with van der Waals surface area (Å²) in [4.78, 5) is 13.9. The standard InChI is InChI=1S/C7H6BrF2N3O/c8-4-1-5(11-3-6(9)10)7(13-14)12-2-4/h1-2,6,11H,3H2. The van der Waals surface area contributed by atoms with E-state index in [1.54, 1.807) is 0 Å². The first-order valence-electron chi connectivity index (χ1n) is 3.64. The second-order valence-corrected chi connectivity index (χ2v) is 3.30. The van der Waals surface area contributed by atoms with Gasteiger partial charge in [0.05, 0.1) is 12.2 Å². The van der Waals surface area contributed by atoms with Gasteiger partial charge in [0.15, 0.2) is 0 Å². The van der Waals surface area contributed by atoms with Crippen LogP contribution in [0.25, 0.3) is 0 Å². The van der Waals surface area contributed by atoms with E-state index in [9.17, 15) is 13.7 Å². The third-order valence-corrected chi connectivity index (χ3v) is 1.80. The van der Waals surface area contributed by atoms with Gasteiger partial charge >= 0.3 is 0 Å².